The van der Waals surface area contributed by atoms with E-state index in [4.69, 9.17) is 4.74 Å². The summed E-state index contributed by atoms with van der Waals surface area (Å²) < 4.78 is 6.32. The molecule has 104 valence electrons. The van der Waals surface area contributed by atoms with Crippen LogP contribution in [0.25, 0.3) is 0 Å². The molecule has 5 heteroatoms. The van der Waals surface area contributed by atoms with Gasteiger partial charge >= 0.3 is 0 Å². The molecule has 0 unspecified atom stereocenters. The molecule has 1 aliphatic heterocycles. The van der Waals surface area contributed by atoms with Crippen LogP contribution in [0.3, 0.4) is 0 Å². The van der Waals surface area contributed by atoms with Gasteiger partial charge < -0.3 is 14.7 Å². The molecule has 0 spiro atoms. The summed E-state index contributed by atoms with van der Waals surface area (Å²) in [5.41, 5.74) is 0.359. The van der Waals surface area contributed by atoms with Crippen LogP contribution in [-0.2, 0) is 4.74 Å². The lowest BCUT2D eigenvalue weighted by Crippen LogP contribution is -2.40. The summed E-state index contributed by atoms with van der Waals surface area (Å²) in [5.74, 6) is -0.0914. The van der Waals surface area contributed by atoms with Gasteiger partial charge in [0.25, 0.3) is 5.91 Å². The Kier molecular flexibility index (Phi) is 4.82. The summed E-state index contributed by atoms with van der Waals surface area (Å²) in [6, 6.07) is 4.95. The highest BCUT2D eigenvalue weighted by Crippen LogP contribution is 2.25. The largest absolute Gasteiger partial charge is 0.507 e. The van der Waals surface area contributed by atoms with Crippen molar-refractivity contribution in [1.29, 1.82) is 0 Å². The molecule has 0 bridgehead atoms. The monoisotopic (exact) mass is 327 g/mol. The summed E-state index contributed by atoms with van der Waals surface area (Å²) in [6.45, 7) is 4.06. The van der Waals surface area contributed by atoms with Gasteiger partial charge in [-0.3, -0.25) is 4.79 Å². The van der Waals surface area contributed by atoms with Crippen molar-refractivity contribution in [3.63, 3.8) is 0 Å². The Balaban J connectivity index is 2.01. The number of ether oxygens (including phenoxy) is 1. The first-order valence-corrected chi connectivity index (χ1v) is 7.30. The zero-order valence-corrected chi connectivity index (χ0v) is 12.5. The topological polar surface area (TPSA) is 49.8 Å². The van der Waals surface area contributed by atoms with Gasteiger partial charge in [0.2, 0.25) is 0 Å². The number of phenols is 1. The minimum Gasteiger partial charge on any atom is -0.507 e. The molecule has 1 aromatic rings. The molecule has 0 atom stereocenters. The van der Waals surface area contributed by atoms with Gasteiger partial charge in [0.05, 0.1) is 11.7 Å². The number of nitrogens with zero attached hydrogens (tertiary/aromatic N) is 1. The van der Waals surface area contributed by atoms with Crippen molar-refractivity contribution >= 4 is 21.8 Å². The lowest BCUT2D eigenvalue weighted by molar-refractivity contribution is 0.0145. The molecule has 19 heavy (non-hydrogen) atoms. The van der Waals surface area contributed by atoms with Crippen molar-refractivity contribution < 1.29 is 14.6 Å². The van der Waals surface area contributed by atoms with Crippen LogP contribution in [-0.4, -0.2) is 41.7 Å². The van der Waals surface area contributed by atoms with Gasteiger partial charge in [0.1, 0.15) is 5.75 Å². The van der Waals surface area contributed by atoms with Gasteiger partial charge in [0.15, 0.2) is 0 Å². The Labute approximate surface area is 121 Å². The predicted molar refractivity (Wildman–Crippen MR) is 76.4 cm³/mol. The second-order valence-electron chi connectivity index (χ2n) is 4.61. The van der Waals surface area contributed by atoms with Gasteiger partial charge in [-0.05, 0) is 38.0 Å². The Morgan fingerprint density at radius 3 is 2.74 bits per heavy atom. The molecular weight excluding hydrogens is 310 g/mol. The van der Waals surface area contributed by atoms with Crippen molar-refractivity contribution in [2.75, 3.05) is 19.7 Å². The third-order valence-corrected chi connectivity index (χ3v) is 3.82. The molecule has 1 saturated heterocycles. The molecule has 1 N–H and O–H groups in total. The van der Waals surface area contributed by atoms with E-state index in [-0.39, 0.29) is 17.8 Å². The van der Waals surface area contributed by atoms with E-state index in [1.54, 1.807) is 23.1 Å². The predicted octanol–water partition coefficient (Wildman–Crippen LogP) is 2.80. The average Bonchev–Trinajstić information content (AvgIpc) is 2.39. The van der Waals surface area contributed by atoms with Crippen LogP contribution in [0.2, 0.25) is 0 Å². The highest BCUT2D eigenvalue weighted by atomic mass is 79.9. The van der Waals surface area contributed by atoms with Crippen LogP contribution in [0.1, 0.15) is 30.1 Å². The molecule has 0 aliphatic carbocycles. The lowest BCUT2D eigenvalue weighted by atomic mass is 10.1. The number of rotatable bonds is 3. The summed E-state index contributed by atoms with van der Waals surface area (Å²) in [5, 5.41) is 9.83. The first kappa shape index (κ1) is 14.3. The van der Waals surface area contributed by atoms with Gasteiger partial charge in [-0.25, -0.2) is 0 Å². The van der Waals surface area contributed by atoms with Crippen LogP contribution < -0.4 is 0 Å². The minimum absolute atomic E-state index is 0.0197. The Morgan fingerprint density at radius 2 is 2.16 bits per heavy atom. The molecule has 0 aromatic heterocycles. The third kappa shape index (κ3) is 3.48. The van der Waals surface area contributed by atoms with Crippen LogP contribution in [0.5, 0.6) is 5.75 Å². The summed E-state index contributed by atoms with van der Waals surface area (Å²) in [4.78, 5) is 14.1. The SMILES string of the molecule is CCOC1CCN(C(=O)c2ccc(Br)cc2O)CC1. The number of likely N-dealkylation sites (tertiary alicyclic amines) is 1. The summed E-state index contributed by atoms with van der Waals surface area (Å²) >= 11 is 3.27. The van der Waals surface area contributed by atoms with E-state index in [0.29, 0.717) is 25.3 Å². The van der Waals surface area contributed by atoms with Gasteiger partial charge in [0, 0.05) is 24.2 Å². The number of carbonyl (C=O) groups is 1. The van der Waals surface area contributed by atoms with E-state index in [2.05, 4.69) is 15.9 Å². The molecule has 1 aromatic carbocycles. The number of piperidine rings is 1. The van der Waals surface area contributed by atoms with Crippen molar-refractivity contribution in [3.8, 4) is 5.75 Å². The molecule has 1 aliphatic rings. The van der Waals surface area contributed by atoms with E-state index >= 15 is 0 Å². The van der Waals surface area contributed by atoms with Gasteiger partial charge in [-0.15, -0.1) is 0 Å². The van der Waals surface area contributed by atoms with E-state index in [1.165, 1.54) is 0 Å². The minimum atomic E-state index is -0.111. The maximum absolute atomic E-state index is 12.3. The van der Waals surface area contributed by atoms with Crippen molar-refractivity contribution in [2.24, 2.45) is 0 Å². The third-order valence-electron chi connectivity index (χ3n) is 3.32. The van der Waals surface area contributed by atoms with Crippen LogP contribution >= 0.6 is 15.9 Å². The molecule has 1 amide bonds. The standard InChI is InChI=1S/C14H18BrNO3/c1-2-19-11-5-7-16(8-6-11)14(18)12-4-3-10(15)9-13(12)17/h3-4,9,11,17H,2,5-8H2,1H3. The molecule has 2 rings (SSSR count). The van der Waals surface area contributed by atoms with Gasteiger partial charge in [-0.1, -0.05) is 15.9 Å². The number of hydrogen-bond acceptors (Lipinski definition) is 3. The zero-order chi connectivity index (χ0) is 13.8. The van der Waals surface area contributed by atoms with Crippen molar-refractivity contribution in [2.45, 2.75) is 25.9 Å². The number of aromatic hydroxyl groups is 1. The number of amides is 1. The quantitative estimate of drug-likeness (QED) is 0.928. The molecule has 1 heterocycles. The van der Waals surface area contributed by atoms with Crippen molar-refractivity contribution in [3.05, 3.63) is 28.2 Å². The van der Waals surface area contributed by atoms with E-state index in [9.17, 15) is 9.90 Å². The molecule has 4 nitrogen and oxygen atoms in total. The normalized spacial score (nSPS) is 16.6. The first-order valence-electron chi connectivity index (χ1n) is 6.51. The highest BCUT2D eigenvalue weighted by Gasteiger charge is 2.25. The number of halogens is 1. The molecule has 0 radical (unpaired) electrons. The maximum Gasteiger partial charge on any atom is 0.257 e. The van der Waals surface area contributed by atoms with Crippen molar-refractivity contribution in [1.82, 2.24) is 4.90 Å². The Bertz CT molecular complexity index is 456. The number of benzene rings is 1. The summed E-state index contributed by atoms with van der Waals surface area (Å²) in [6.07, 6.45) is 1.97. The van der Waals surface area contributed by atoms with Crippen LogP contribution in [0.15, 0.2) is 22.7 Å². The van der Waals surface area contributed by atoms with E-state index in [0.717, 1.165) is 17.3 Å². The second-order valence-corrected chi connectivity index (χ2v) is 5.52. The van der Waals surface area contributed by atoms with E-state index in [1.807, 2.05) is 6.92 Å². The Morgan fingerprint density at radius 1 is 1.47 bits per heavy atom. The Hall–Kier alpha value is -1.07. The fourth-order valence-corrected chi connectivity index (χ4v) is 2.67. The smallest absolute Gasteiger partial charge is 0.257 e. The van der Waals surface area contributed by atoms with Crippen LogP contribution in [0, 0.1) is 0 Å². The van der Waals surface area contributed by atoms with E-state index < -0.39 is 0 Å². The molecule has 0 saturated carbocycles. The molecular formula is C14H18BrNO3. The number of phenolic OH excluding ortho intramolecular Hbond substituents is 1. The fourth-order valence-electron chi connectivity index (χ4n) is 2.32. The fraction of sp³-hybridized carbons (Fsp3) is 0.500. The highest BCUT2D eigenvalue weighted by molar-refractivity contribution is 9.10. The maximum atomic E-state index is 12.3. The van der Waals surface area contributed by atoms with Gasteiger partial charge in [-0.2, -0.15) is 0 Å². The first-order chi connectivity index (χ1) is 9.11. The number of hydrogen-bond donors (Lipinski definition) is 1. The lowest BCUT2D eigenvalue weighted by Gasteiger charge is -2.32. The van der Waals surface area contributed by atoms with Crippen LogP contribution in [0.4, 0.5) is 0 Å². The molecule has 1 fully saturated rings. The summed E-state index contributed by atoms with van der Waals surface area (Å²) in [7, 11) is 0. The second kappa shape index (κ2) is 6.39. The zero-order valence-electron chi connectivity index (χ0n) is 10.9. The number of carbonyl (C=O) groups excluding carboxylic acids is 1. The average molecular weight is 328 g/mol.